The van der Waals surface area contributed by atoms with Crippen LogP contribution in [0.3, 0.4) is 0 Å². The Bertz CT molecular complexity index is 283. The molecule has 14 heavy (non-hydrogen) atoms. The molecule has 1 aromatic heterocycles. The van der Waals surface area contributed by atoms with Crippen molar-refractivity contribution in [2.45, 2.75) is 6.10 Å². The number of hydrogen-bond donors (Lipinski definition) is 2. The highest BCUT2D eigenvalue weighted by atomic mass is 32.1. The van der Waals surface area contributed by atoms with Crippen molar-refractivity contribution in [3.05, 3.63) is 6.20 Å². The molecule has 0 bridgehead atoms. The number of rotatable bonds is 6. The number of aromatic nitrogens is 2. The lowest BCUT2D eigenvalue weighted by molar-refractivity contribution is 0.105. The Balaban J connectivity index is 2.09. The molecular weight excluding hydrogens is 202 g/mol. The molecule has 0 amide bonds. The molecule has 5 nitrogen and oxygen atoms in total. The quantitative estimate of drug-likeness (QED) is 0.492. The predicted octanol–water partition coefficient (Wildman–Crippen LogP) is -0.499. The van der Waals surface area contributed by atoms with Gasteiger partial charge >= 0.3 is 0 Å². The van der Waals surface area contributed by atoms with Gasteiger partial charge in [-0.1, -0.05) is 5.92 Å². The summed E-state index contributed by atoms with van der Waals surface area (Å²) in [7, 11) is 0. The van der Waals surface area contributed by atoms with Crippen LogP contribution in [0.4, 0.5) is 0 Å². The van der Waals surface area contributed by atoms with Gasteiger partial charge in [-0.05, 0) is 0 Å². The van der Waals surface area contributed by atoms with E-state index in [1.807, 2.05) is 0 Å². The normalized spacial score (nSPS) is 12.0. The van der Waals surface area contributed by atoms with Gasteiger partial charge in [0.1, 0.15) is 18.9 Å². The van der Waals surface area contributed by atoms with Gasteiger partial charge in [0.25, 0.3) is 0 Å². The predicted molar refractivity (Wildman–Crippen MR) is 53.1 cm³/mol. The van der Waals surface area contributed by atoms with Gasteiger partial charge in [-0.25, -0.2) is 0 Å². The van der Waals surface area contributed by atoms with Crippen LogP contribution in [0, 0.1) is 12.3 Å². The van der Waals surface area contributed by atoms with Crippen LogP contribution in [0.5, 0.6) is 5.88 Å². The number of nitrogens with one attached hydrogen (secondary N) is 1. The smallest absolute Gasteiger partial charge is 0.245 e. The Morgan fingerprint density at radius 2 is 2.64 bits per heavy atom. The lowest BCUT2D eigenvalue weighted by atomic mass is 10.4. The van der Waals surface area contributed by atoms with Gasteiger partial charge < -0.3 is 15.2 Å². The molecule has 6 heteroatoms. The summed E-state index contributed by atoms with van der Waals surface area (Å²) in [5.74, 6) is 2.85. The van der Waals surface area contributed by atoms with E-state index in [4.69, 9.17) is 11.2 Å². The van der Waals surface area contributed by atoms with Crippen molar-refractivity contribution in [1.29, 1.82) is 0 Å². The number of hydrogen-bond acceptors (Lipinski definition) is 6. The van der Waals surface area contributed by atoms with Crippen molar-refractivity contribution >= 4 is 11.7 Å². The van der Waals surface area contributed by atoms with Crippen molar-refractivity contribution in [2.24, 2.45) is 0 Å². The first-order chi connectivity index (χ1) is 6.83. The number of aliphatic hydroxyl groups excluding tert-OH is 1. The zero-order valence-corrected chi connectivity index (χ0v) is 8.33. The molecule has 0 saturated heterocycles. The molecule has 0 spiro atoms. The van der Waals surface area contributed by atoms with E-state index >= 15 is 0 Å². The van der Waals surface area contributed by atoms with Gasteiger partial charge in [0.15, 0.2) is 0 Å². The second-order valence-electron chi connectivity index (χ2n) is 2.55. The largest absolute Gasteiger partial charge is 0.473 e. The SMILES string of the molecule is C#CCNCC(O)COc1cnsn1. The summed E-state index contributed by atoms with van der Waals surface area (Å²) < 4.78 is 12.7. The average molecular weight is 213 g/mol. The first kappa shape index (κ1) is 10.9. The highest BCUT2D eigenvalue weighted by Crippen LogP contribution is 2.04. The zero-order valence-electron chi connectivity index (χ0n) is 7.51. The molecule has 1 aromatic rings. The molecule has 2 N–H and O–H groups in total. The van der Waals surface area contributed by atoms with Gasteiger partial charge in [0, 0.05) is 6.54 Å². The molecule has 0 aliphatic carbocycles. The summed E-state index contributed by atoms with van der Waals surface area (Å²) in [5.41, 5.74) is 0. The van der Waals surface area contributed by atoms with E-state index < -0.39 is 6.10 Å². The van der Waals surface area contributed by atoms with Crippen molar-refractivity contribution in [3.8, 4) is 18.2 Å². The van der Waals surface area contributed by atoms with Crippen LogP contribution in [0.25, 0.3) is 0 Å². The van der Waals surface area contributed by atoms with Crippen LogP contribution in [-0.4, -0.2) is 39.7 Å². The summed E-state index contributed by atoms with van der Waals surface area (Å²) in [6.07, 6.45) is 5.94. The summed E-state index contributed by atoms with van der Waals surface area (Å²) in [6.45, 7) is 1.03. The van der Waals surface area contributed by atoms with Crippen LogP contribution in [0.15, 0.2) is 6.20 Å². The van der Waals surface area contributed by atoms with E-state index in [-0.39, 0.29) is 6.61 Å². The van der Waals surface area contributed by atoms with Crippen molar-refractivity contribution in [3.63, 3.8) is 0 Å². The third-order valence-electron chi connectivity index (χ3n) is 1.37. The summed E-state index contributed by atoms with van der Waals surface area (Å²) in [6, 6.07) is 0. The first-order valence-electron chi connectivity index (χ1n) is 4.05. The molecule has 76 valence electrons. The highest BCUT2D eigenvalue weighted by Gasteiger charge is 2.05. The summed E-state index contributed by atoms with van der Waals surface area (Å²) in [4.78, 5) is 0. The second-order valence-corrected chi connectivity index (χ2v) is 3.10. The molecule has 0 aliphatic rings. The van der Waals surface area contributed by atoms with Crippen molar-refractivity contribution < 1.29 is 9.84 Å². The minimum Gasteiger partial charge on any atom is -0.473 e. The maximum atomic E-state index is 9.37. The molecule has 1 atom stereocenters. The molecule has 0 aliphatic heterocycles. The zero-order chi connectivity index (χ0) is 10.2. The maximum absolute atomic E-state index is 9.37. The monoisotopic (exact) mass is 213 g/mol. The Morgan fingerprint density at radius 3 is 3.29 bits per heavy atom. The Hall–Kier alpha value is -1.16. The lowest BCUT2D eigenvalue weighted by Gasteiger charge is -2.09. The fourth-order valence-corrected chi connectivity index (χ4v) is 1.14. The van der Waals surface area contributed by atoms with Crippen LogP contribution < -0.4 is 10.1 Å². The van der Waals surface area contributed by atoms with E-state index in [0.717, 1.165) is 11.7 Å². The summed E-state index contributed by atoms with van der Waals surface area (Å²) >= 11 is 1.06. The van der Waals surface area contributed by atoms with E-state index in [0.29, 0.717) is 19.0 Å². The molecule has 0 radical (unpaired) electrons. The van der Waals surface area contributed by atoms with Gasteiger partial charge in [-0.3, -0.25) is 0 Å². The third-order valence-corrected chi connectivity index (χ3v) is 1.83. The average Bonchev–Trinajstić information content (AvgIpc) is 2.68. The van der Waals surface area contributed by atoms with Crippen molar-refractivity contribution in [2.75, 3.05) is 19.7 Å². The summed E-state index contributed by atoms with van der Waals surface area (Å²) in [5, 5.41) is 12.2. The molecule has 0 fully saturated rings. The lowest BCUT2D eigenvalue weighted by Crippen LogP contribution is -2.31. The standard InChI is InChI=1S/C8H11N3O2S/c1-2-3-9-4-7(12)6-13-8-5-10-14-11-8/h1,5,7,9,12H,3-4,6H2. The molecule has 0 aromatic carbocycles. The fourth-order valence-electron chi connectivity index (χ4n) is 0.771. The molecule has 1 rings (SSSR count). The molecule has 1 unspecified atom stereocenters. The van der Waals surface area contributed by atoms with Crippen molar-refractivity contribution in [1.82, 2.24) is 14.1 Å². The minimum absolute atomic E-state index is 0.184. The number of ether oxygens (including phenoxy) is 1. The Morgan fingerprint density at radius 1 is 1.79 bits per heavy atom. The fraction of sp³-hybridized carbons (Fsp3) is 0.500. The number of nitrogens with zero attached hydrogens (tertiary/aromatic N) is 2. The number of terminal acetylenes is 1. The van der Waals surface area contributed by atoms with E-state index in [9.17, 15) is 5.11 Å². The highest BCUT2D eigenvalue weighted by molar-refractivity contribution is 6.99. The van der Waals surface area contributed by atoms with Crippen LogP contribution in [0.2, 0.25) is 0 Å². The number of aliphatic hydroxyl groups is 1. The van der Waals surface area contributed by atoms with E-state index in [1.54, 1.807) is 0 Å². The second kappa shape index (κ2) is 6.32. The van der Waals surface area contributed by atoms with Gasteiger partial charge in [-0.2, -0.15) is 4.37 Å². The minimum atomic E-state index is -0.593. The van der Waals surface area contributed by atoms with Gasteiger partial charge in [-0.15, -0.1) is 10.8 Å². The Kier molecular flexibility index (Phi) is 4.93. The third kappa shape index (κ3) is 4.18. The van der Waals surface area contributed by atoms with Crippen LogP contribution in [0.1, 0.15) is 0 Å². The van der Waals surface area contributed by atoms with Gasteiger partial charge in [0.2, 0.25) is 5.88 Å². The molecular formula is C8H11N3O2S. The topological polar surface area (TPSA) is 67.3 Å². The molecule has 0 saturated carbocycles. The Labute approximate surface area is 86.4 Å². The maximum Gasteiger partial charge on any atom is 0.245 e. The van der Waals surface area contributed by atoms with Crippen LogP contribution >= 0.6 is 11.7 Å². The van der Waals surface area contributed by atoms with E-state index in [1.165, 1.54) is 6.20 Å². The molecule has 1 heterocycles. The van der Waals surface area contributed by atoms with E-state index in [2.05, 4.69) is 20.0 Å². The van der Waals surface area contributed by atoms with Crippen LogP contribution in [-0.2, 0) is 0 Å². The first-order valence-corrected chi connectivity index (χ1v) is 4.78. The van der Waals surface area contributed by atoms with Gasteiger partial charge in [0.05, 0.1) is 18.3 Å².